The summed E-state index contributed by atoms with van der Waals surface area (Å²) < 4.78 is 71.6. The number of hydrogen-bond acceptors (Lipinski definition) is 8. The second-order valence-electron chi connectivity index (χ2n) is 6.93. The van der Waals surface area contributed by atoms with Gasteiger partial charge in [0.15, 0.2) is 5.60 Å². The van der Waals surface area contributed by atoms with Crippen molar-refractivity contribution in [2.45, 2.75) is 15.4 Å². The molecular formula is C20H14Na3O10S2. The van der Waals surface area contributed by atoms with Gasteiger partial charge in [0.2, 0.25) is 0 Å². The van der Waals surface area contributed by atoms with Gasteiger partial charge in [0.05, 0.1) is 5.56 Å². The number of ether oxygens (including phenoxy) is 1. The number of aromatic hydroxyl groups is 2. The Morgan fingerprint density at radius 1 is 0.686 bits per heavy atom. The summed E-state index contributed by atoms with van der Waals surface area (Å²) in [5.74, 6) is -2.36. The van der Waals surface area contributed by atoms with Gasteiger partial charge in [-0.3, -0.25) is 9.11 Å². The molecule has 4 N–H and O–H groups in total. The van der Waals surface area contributed by atoms with E-state index < -0.39 is 53.1 Å². The van der Waals surface area contributed by atoms with Crippen LogP contribution in [0, 0.1) is 0 Å². The molecule has 35 heavy (non-hydrogen) atoms. The third kappa shape index (κ3) is 5.85. The average Bonchev–Trinajstić information content (AvgIpc) is 3.01. The molecule has 3 aromatic rings. The fourth-order valence-electron chi connectivity index (χ4n) is 3.69. The molecule has 1 heterocycles. The summed E-state index contributed by atoms with van der Waals surface area (Å²) in [5.41, 5.74) is -1.77. The van der Waals surface area contributed by atoms with Crippen molar-refractivity contribution in [3.05, 3.63) is 82.9 Å². The van der Waals surface area contributed by atoms with Crippen LogP contribution in [0.5, 0.6) is 11.5 Å². The standard InChI is InChI=1S/C20H14O10S2.3Na/c21-15-7-5-11(9-17(15)31(24,25)26)20(14-4-2-1-3-13(14)19(23)30-20)12-6-8-16(22)18(10-12)32(27,28)29;;;/h1-10,21-22H,(H,24,25,26)(H,27,28,29);;;. The first-order chi connectivity index (χ1) is 14.9. The molecule has 15 heteroatoms. The average molecular weight is 547 g/mol. The largest absolute Gasteiger partial charge is 0.506 e. The molecule has 1 aliphatic heterocycles. The number of phenols is 2. The van der Waals surface area contributed by atoms with Gasteiger partial charge in [0.1, 0.15) is 21.3 Å². The number of benzene rings is 3. The van der Waals surface area contributed by atoms with Crippen LogP contribution in [0.2, 0.25) is 0 Å². The number of phenolic OH excluding ortho intramolecular Hbond substituents is 2. The predicted octanol–water partition coefficient (Wildman–Crippen LogP) is 0.911. The molecule has 0 unspecified atom stereocenters. The second kappa shape index (κ2) is 11.5. The van der Waals surface area contributed by atoms with E-state index in [0.29, 0.717) is 0 Å². The molecule has 0 saturated carbocycles. The van der Waals surface area contributed by atoms with Crippen molar-refractivity contribution < 1.29 is 45.7 Å². The fourth-order valence-corrected chi connectivity index (χ4v) is 4.91. The zero-order valence-electron chi connectivity index (χ0n) is 18.8. The number of esters is 1. The molecule has 0 bridgehead atoms. The minimum Gasteiger partial charge on any atom is -0.506 e. The van der Waals surface area contributed by atoms with Crippen LogP contribution in [0.4, 0.5) is 0 Å². The summed E-state index contributed by atoms with van der Waals surface area (Å²) in [7, 11) is -9.78. The maximum atomic E-state index is 12.7. The minimum atomic E-state index is -4.89. The fraction of sp³-hybridized carbons (Fsp3) is 0.0500. The van der Waals surface area contributed by atoms with Crippen LogP contribution in [-0.4, -0.2) is 131 Å². The van der Waals surface area contributed by atoms with Crippen LogP contribution in [0.25, 0.3) is 0 Å². The van der Waals surface area contributed by atoms with Gasteiger partial charge in [0, 0.05) is 105 Å². The summed E-state index contributed by atoms with van der Waals surface area (Å²) >= 11 is 0. The summed E-state index contributed by atoms with van der Waals surface area (Å²) in [6.07, 6.45) is 0. The smallest absolute Gasteiger partial charge is 0.340 e. The molecule has 10 nitrogen and oxygen atoms in total. The van der Waals surface area contributed by atoms with Crippen LogP contribution in [0.15, 0.2) is 70.5 Å². The van der Waals surface area contributed by atoms with Crippen molar-refractivity contribution in [1.82, 2.24) is 0 Å². The number of hydrogen-bond donors (Lipinski definition) is 4. The first-order valence-electron chi connectivity index (χ1n) is 8.80. The Balaban J connectivity index is 0.00000204. The third-order valence-electron chi connectivity index (χ3n) is 5.06. The van der Waals surface area contributed by atoms with Gasteiger partial charge in [-0.05, 0) is 30.3 Å². The maximum absolute atomic E-state index is 12.7. The first-order valence-corrected chi connectivity index (χ1v) is 11.7. The van der Waals surface area contributed by atoms with Gasteiger partial charge in [-0.15, -0.1) is 0 Å². The number of rotatable bonds is 4. The molecule has 3 aromatic carbocycles. The van der Waals surface area contributed by atoms with Gasteiger partial charge >= 0.3 is 5.97 Å². The number of fused-ring (bicyclic) bond motifs is 1. The summed E-state index contributed by atoms with van der Waals surface area (Å²) in [6, 6.07) is 12.1. The molecule has 0 atom stereocenters. The molecule has 169 valence electrons. The van der Waals surface area contributed by atoms with E-state index in [1.54, 1.807) is 12.1 Å². The molecule has 0 fully saturated rings. The van der Waals surface area contributed by atoms with Gasteiger partial charge in [-0.2, -0.15) is 16.8 Å². The van der Waals surface area contributed by atoms with Crippen molar-refractivity contribution in [2.75, 3.05) is 0 Å². The Kier molecular flexibility index (Phi) is 10.7. The molecule has 1 aliphatic rings. The van der Waals surface area contributed by atoms with Gasteiger partial charge in [-0.1, -0.05) is 30.3 Å². The van der Waals surface area contributed by atoms with Crippen molar-refractivity contribution in [3.8, 4) is 11.5 Å². The van der Waals surface area contributed by atoms with E-state index in [9.17, 15) is 40.9 Å². The molecule has 0 saturated heterocycles. The van der Waals surface area contributed by atoms with Crippen molar-refractivity contribution in [3.63, 3.8) is 0 Å². The van der Waals surface area contributed by atoms with Crippen molar-refractivity contribution in [1.29, 1.82) is 0 Å². The molecule has 0 aliphatic carbocycles. The zero-order chi connectivity index (χ0) is 23.5. The van der Waals surface area contributed by atoms with E-state index in [2.05, 4.69) is 0 Å². The van der Waals surface area contributed by atoms with Gasteiger partial charge in [-0.25, -0.2) is 4.79 Å². The van der Waals surface area contributed by atoms with Crippen LogP contribution in [0.1, 0.15) is 27.0 Å². The van der Waals surface area contributed by atoms with Crippen molar-refractivity contribution >= 4 is 115 Å². The summed E-state index contributed by atoms with van der Waals surface area (Å²) in [4.78, 5) is 10.9. The molecule has 4 rings (SSSR count). The van der Waals surface area contributed by atoms with Crippen LogP contribution < -0.4 is 0 Å². The number of cyclic esters (lactones) is 1. The molecule has 0 spiro atoms. The third-order valence-corrected chi connectivity index (χ3v) is 6.83. The van der Waals surface area contributed by atoms with Crippen LogP contribution >= 0.6 is 0 Å². The molecular weight excluding hydrogens is 533 g/mol. The molecule has 3 radical (unpaired) electrons. The Morgan fingerprint density at radius 2 is 1.11 bits per heavy atom. The summed E-state index contributed by atoms with van der Waals surface area (Å²) in [6.45, 7) is 0. The Bertz CT molecular complexity index is 1420. The van der Waals surface area contributed by atoms with Crippen molar-refractivity contribution in [2.24, 2.45) is 0 Å². The monoisotopic (exact) mass is 547 g/mol. The molecule has 0 aromatic heterocycles. The number of carbonyl (C=O) groups is 1. The Labute approximate surface area is 267 Å². The molecule has 0 amide bonds. The van der Waals surface area contributed by atoms with Crippen LogP contribution in [0.3, 0.4) is 0 Å². The summed E-state index contributed by atoms with van der Waals surface area (Å²) in [5, 5.41) is 19.8. The Morgan fingerprint density at radius 3 is 1.54 bits per heavy atom. The predicted molar refractivity (Wildman–Crippen MR) is 125 cm³/mol. The maximum Gasteiger partial charge on any atom is 0.340 e. The second-order valence-corrected chi connectivity index (χ2v) is 9.71. The van der Waals surface area contributed by atoms with E-state index >= 15 is 0 Å². The van der Waals surface area contributed by atoms with Gasteiger partial charge in [0.25, 0.3) is 20.2 Å². The van der Waals surface area contributed by atoms with E-state index in [4.69, 9.17) is 4.74 Å². The van der Waals surface area contributed by atoms with E-state index in [-0.39, 0.29) is 111 Å². The van der Waals surface area contributed by atoms with E-state index in [1.807, 2.05) is 0 Å². The topological polar surface area (TPSA) is 176 Å². The SMILES string of the molecule is O=C1OC(c2ccc(O)c(S(=O)(=O)O)c2)(c2ccc(O)c(S(=O)(=O)O)c2)c2ccccc21.[Na].[Na].[Na]. The zero-order valence-corrected chi connectivity index (χ0v) is 26.5. The van der Waals surface area contributed by atoms with Crippen LogP contribution in [-0.2, 0) is 30.6 Å². The quantitative estimate of drug-likeness (QED) is 0.209. The van der Waals surface area contributed by atoms with E-state index in [0.717, 1.165) is 24.3 Å². The normalized spacial score (nSPS) is 13.9. The minimum absolute atomic E-state index is 0. The van der Waals surface area contributed by atoms with E-state index in [1.165, 1.54) is 24.3 Å². The first kappa shape index (κ1) is 32.6. The van der Waals surface area contributed by atoms with Gasteiger partial charge < -0.3 is 14.9 Å². The number of carbonyl (C=O) groups excluding carboxylic acids is 1. The Hall–Kier alpha value is -0.450.